The van der Waals surface area contributed by atoms with Crippen molar-refractivity contribution < 1.29 is 9.90 Å². The highest BCUT2D eigenvalue weighted by molar-refractivity contribution is 5.79. The molecule has 2 rings (SSSR count). The Hall–Kier alpha value is -0.570. The van der Waals surface area contributed by atoms with Gasteiger partial charge in [0.15, 0.2) is 0 Å². The maximum atomic E-state index is 11.8. The van der Waals surface area contributed by atoms with Gasteiger partial charge >= 0.3 is 0 Å². The number of aliphatic hydroxyl groups excluding tert-OH is 1. The Morgan fingerprint density at radius 3 is 2.38 bits per heavy atom. The fourth-order valence-corrected chi connectivity index (χ4v) is 2.40. The number of hydrogen-bond donors (Lipinski definition) is 1. The van der Waals surface area contributed by atoms with E-state index in [0.717, 1.165) is 45.2 Å². The van der Waals surface area contributed by atoms with Crippen LogP contribution in [0.25, 0.3) is 0 Å². The summed E-state index contributed by atoms with van der Waals surface area (Å²) >= 11 is 0. The van der Waals surface area contributed by atoms with E-state index in [2.05, 4.69) is 0 Å². The second-order valence-electron chi connectivity index (χ2n) is 4.14. The third-order valence-electron chi connectivity index (χ3n) is 3.21. The number of carbonyl (C=O) groups is 1. The summed E-state index contributed by atoms with van der Waals surface area (Å²) in [5, 5.41) is 9.57. The molecule has 0 aromatic carbocycles. The van der Waals surface area contributed by atoms with Gasteiger partial charge in [0.2, 0.25) is 5.91 Å². The number of rotatable bonds is 1. The van der Waals surface area contributed by atoms with Gasteiger partial charge in [-0.3, -0.25) is 4.79 Å². The monoisotopic (exact) mass is 183 g/mol. The molecule has 2 fully saturated rings. The van der Waals surface area contributed by atoms with Crippen molar-refractivity contribution in [1.29, 1.82) is 0 Å². The van der Waals surface area contributed by atoms with Gasteiger partial charge in [0, 0.05) is 13.1 Å². The molecule has 13 heavy (non-hydrogen) atoms. The predicted molar refractivity (Wildman–Crippen MR) is 49.2 cm³/mol. The van der Waals surface area contributed by atoms with Crippen molar-refractivity contribution in [2.24, 2.45) is 5.92 Å². The predicted octanol–water partition coefficient (Wildman–Crippen LogP) is 0.770. The number of likely N-dealkylation sites (tertiary alicyclic amines) is 1. The van der Waals surface area contributed by atoms with Gasteiger partial charge in [0.25, 0.3) is 0 Å². The van der Waals surface area contributed by atoms with Crippen LogP contribution in [0.2, 0.25) is 0 Å². The van der Waals surface area contributed by atoms with Gasteiger partial charge in [-0.15, -0.1) is 0 Å². The van der Waals surface area contributed by atoms with Gasteiger partial charge in [-0.05, 0) is 32.1 Å². The van der Waals surface area contributed by atoms with Crippen LogP contribution in [0.1, 0.15) is 32.1 Å². The molecule has 1 aliphatic heterocycles. The van der Waals surface area contributed by atoms with E-state index in [1.807, 2.05) is 4.90 Å². The lowest BCUT2D eigenvalue weighted by Crippen LogP contribution is -2.37. The minimum atomic E-state index is -0.367. The molecule has 1 heterocycles. The highest BCUT2D eigenvalue weighted by atomic mass is 16.3. The van der Waals surface area contributed by atoms with Gasteiger partial charge in [-0.2, -0.15) is 0 Å². The number of amides is 1. The topological polar surface area (TPSA) is 40.5 Å². The van der Waals surface area contributed by atoms with Gasteiger partial charge < -0.3 is 10.0 Å². The third-order valence-corrected chi connectivity index (χ3v) is 3.21. The summed E-state index contributed by atoms with van der Waals surface area (Å²) in [5.41, 5.74) is 0. The molecule has 2 unspecified atom stereocenters. The highest BCUT2D eigenvalue weighted by Gasteiger charge is 2.34. The van der Waals surface area contributed by atoms with E-state index in [-0.39, 0.29) is 17.9 Å². The summed E-state index contributed by atoms with van der Waals surface area (Å²) in [7, 11) is 0. The molecule has 1 aliphatic carbocycles. The first kappa shape index (κ1) is 9.00. The summed E-state index contributed by atoms with van der Waals surface area (Å²) in [4.78, 5) is 13.7. The average molecular weight is 183 g/mol. The quantitative estimate of drug-likeness (QED) is 0.652. The van der Waals surface area contributed by atoms with Gasteiger partial charge in [-0.25, -0.2) is 0 Å². The Morgan fingerprint density at radius 1 is 1.15 bits per heavy atom. The first-order valence-electron chi connectivity index (χ1n) is 5.26. The molecule has 0 spiro atoms. The van der Waals surface area contributed by atoms with Crippen molar-refractivity contribution in [3.8, 4) is 0 Å². The summed E-state index contributed by atoms with van der Waals surface area (Å²) in [6.45, 7) is 1.81. The van der Waals surface area contributed by atoms with Crippen molar-refractivity contribution in [1.82, 2.24) is 4.90 Å². The molecule has 3 heteroatoms. The number of carbonyl (C=O) groups excluding carboxylic acids is 1. The molecular formula is C10H17NO2. The van der Waals surface area contributed by atoms with E-state index in [9.17, 15) is 9.90 Å². The van der Waals surface area contributed by atoms with Gasteiger partial charge in [0.1, 0.15) is 0 Å². The molecule has 1 amide bonds. The van der Waals surface area contributed by atoms with Crippen molar-refractivity contribution in [2.75, 3.05) is 13.1 Å². The Bertz CT molecular complexity index is 199. The zero-order valence-corrected chi connectivity index (χ0v) is 7.91. The fourth-order valence-electron chi connectivity index (χ4n) is 2.40. The second-order valence-corrected chi connectivity index (χ2v) is 4.14. The van der Waals surface area contributed by atoms with E-state index in [1.165, 1.54) is 0 Å². The summed E-state index contributed by atoms with van der Waals surface area (Å²) in [6, 6.07) is 0. The van der Waals surface area contributed by atoms with E-state index >= 15 is 0 Å². The van der Waals surface area contributed by atoms with Crippen LogP contribution in [0.3, 0.4) is 0 Å². The van der Waals surface area contributed by atoms with Crippen molar-refractivity contribution >= 4 is 5.91 Å². The third kappa shape index (κ3) is 1.70. The van der Waals surface area contributed by atoms with Crippen LogP contribution in [0.4, 0.5) is 0 Å². The Balaban J connectivity index is 1.95. The first-order chi connectivity index (χ1) is 6.29. The Labute approximate surface area is 78.7 Å². The zero-order valence-electron chi connectivity index (χ0n) is 7.91. The van der Waals surface area contributed by atoms with Crippen molar-refractivity contribution in [2.45, 2.75) is 38.2 Å². The largest absolute Gasteiger partial charge is 0.392 e. The van der Waals surface area contributed by atoms with Crippen LogP contribution < -0.4 is 0 Å². The highest BCUT2D eigenvalue weighted by Crippen LogP contribution is 2.28. The normalized spacial score (nSPS) is 34.1. The summed E-state index contributed by atoms with van der Waals surface area (Å²) < 4.78 is 0. The maximum absolute atomic E-state index is 11.8. The lowest BCUT2D eigenvalue weighted by Gasteiger charge is -2.21. The zero-order chi connectivity index (χ0) is 9.26. The van der Waals surface area contributed by atoms with E-state index in [4.69, 9.17) is 0 Å². The minimum absolute atomic E-state index is 0.0851. The Kier molecular flexibility index (Phi) is 2.54. The van der Waals surface area contributed by atoms with E-state index in [1.54, 1.807) is 0 Å². The van der Waals surface area contributed by atoms with Crippen LogP contribution in [-0.4, -0.2) is 35.1 Å². The average Bonchev–Trinajstić information content (AvgIpc) is 2.72. The van der Waals surface area contributed by atoms with Gasteiger partial charge in [-0.1, -0.05) is 0 Å². The number of nitrogens with zero attached hydrogens (tertiary/aromatic N) is 1. The minimum Gasteiger partial charge on any atom is -0.392 e. The lowest BCUT2D eigenvalue weighted by molar-refractivity contribution is -0.137. The van der Waals surface area contributed by atoms with Gasteiger partial charge in [0.05, 0.1) is 12.0 Å². The maximum Gasteiger partial charge on any atom is 0.228 e. The van der Waals surface area contributed by atoms with Crippen molar-refractivity contribution in [3.05, 3.63) is 0 Å². The van der Waals surface area contributed by atoms with Crippen LogP contribution in [-0.2, 0) is 4.79 Å². The molecule has 0 bridgehead atoms. The van der Waals surface area contributed by atoms with Crippen LogP contribution >= 0.6 is 0 Å². The van der Waals surface area contributed by atoms with Crippen LogP contribution in [0.5, 0.6) is 0 Å². The molecule has 1 saturated carbocycles. The van der Waals surface area contributed by atoms with Crippen LogP contribution in [0.15, 0.2) is 0 Å². The molecule has 1 N–H and O–H groups in total. The molecule has 2 atom stereocenters. The molecule has 2 aliphatic rings. The lowest BCUT2D eigenvalue weighted by atomic mass is 10.0. The first-order valence-corrected chi connectivity index (χ1v) is 5.26. The molecular weight excluding hydrogens is 166 g/mol. The number of aliphatic hydroxyl groups is 1. The van der Waals surface area contributed by atoms with E-state index < -0.39 is 0 Å². The Morgan fingerprint density at radius 2 is 1.85 bits per heavy atom. The standard InChI is InChI=1S/C10H17NO2/c12-9-5-3-4-8(9)10(13)11-6-1-2-7-11/h8-9,12H,1-7H2. The molecule has 0 radical (unpaired) electrons. The molecule has 74 valence electrons. The molecule has 3 nitrogen and oxygen atoms in total. The number of hydrogen-bond acceptors (Lipinski definition) is 2. The fraction of sp³-hybridized carbons (Fsp3) is 0.900. The summed E-state index contributed by atoms with van der Waals surface area (Å²) in [6.07, 6.45) is 4.60. The van der Waals surface area contributed by atoms with Crippen LogP contribution in [0, 0.1) is 5.92 Å². The smallest absolute Gasteiger partial charge is 0.228 e. The molecule has 1 saturated heterocycles. The van der Waals surface area contributed by atoms with E-state index in [0.29, 0.717) is 0 Å². The SMILES string of the molecule is O=C(C1CCCC1O)N1CCCC1. The van der Waals surface area contributed by atoms with Crippen molar-refractivity contribution in [3.63, 3.8) is 0 Å². The molecule has 0 aromatic rings. The summed E-state index contributed by atoms with van der Waals surface area (Å²) in [5.74, 6) is 0.112. The molecule has 0 aromatic heterocycles. The second kappa shape index (κ2) is 3.66.